The number of benzene rings is 2. The van der Waals surface area contributed by atoms with Gasteiger partial charge in [-0.15, -0.1) is 11.3 Å². The molecule has 0 bridgehead atoms. The van der Waals surface area contributed by atoms with Crippen molar-refractivity contribution in [3.8, 4) is 17.3 Å². The SMILES string of the molecule is N#CC(=CNc1ccc2c(C(F)(F)F)cc(=O)oc2c1)c1nc(-c2ccc(Br)cc2)cs1. The second-order valence-corrected chi connectivity index (χ2v) is 8.32. The fourth-order valence-electron chi connectivity index (χ4n) is 2.94. The number of allylic oxidation sites excluding steroid dienone is 1. The van der Waals surface area contributed by atoms with Gasteiger partial charge < -0.3 is 9.73 Å². The van der Waals surface area contributed by atoms with E-state index in [0.29, 0.717) is 22.5 Å². The van der Waals surface area contributed by atoms with Gasteiger partial charge in [0, 0.05) is 44.8 Å². The fraction of sp³-hybridized carbons (Fsp3) is 0.0455. The van der Waals surface area contributed by atoms with E-state index in [9.17, 15) is 23.2 Å². The number of nitrogens with one attached hydrogen (secondary N) is 1. The van der Waals surface area contributed by atoms with E-state index in [1.165, 1.54) is 35.7 Å². The first-order valence-corrected chi connectivity index (χ1v) is 10.7. The predicted octanol–water partition coefficient (Wildman–Crippen LogP) is 6.67. The van der Waals surface area contributed by atoms with Crippen molar-refractivity contribution in [2.24, 2.45) is 0 Å². The van der Waals surface area contributed by atoms with Crippen LogP contribution in [0, 0.1) is 11.3 Å². The normalized spacial score (nSPS) is 12.0. The van der Waals surface area contributed by atoms with Gasteiger partial charge in [-0.2, -0.15) is 18.4 Å². The van der Waals surface area contributed by atoms with Crippen molar-refractivity contribution in [2.75, 3.05) is 5.32 Å². The number of aromatic nitrogens is 1. The van der Waals surface area contributed by atoms with Crippen LogP contribution in [0.1, 0.15) is 10.6 Å². The number of rotatable bonds is 4. The highest BCUT2D eigenvalue weighted by molar-refractivity contribution is 9.10. The molecule has 0 saturated heterocycles. The lowest BCUT2D eigenvalue weighted by molar-refractivity contribution is -0.136. The van der Waals surface area contributed by atoms with Gasteiger partial charge in [-0.05, 0) is 24.3 Å². The molecular formula is C22H11BrF3N3O2S. The van der Waals surface area contributed by atoms with Crippen LogP contribution >= 0.6 is 27.3 Å². The topological polar surface area (TPSA) is 78.9 Å². The summed E-state index contributed by atoms with van der Waals surface area (Å²) < 4.78 is 45.4. The van der Waals surface area contributed by atoms with Gasteiger partial charge in [-0.3, -0.25) is 0 Å². The Hall–Kier alpha value is -3.42. The van der Waals surface area contributed by atoms with E-state index >= 15 is 0 Å². The highest BCUT2D eigenvalue weighted by atomic mass is 79.9. The maximum Gasteiger partial charge on any atom is 0.417 e. The van der Waals surface area contributed by atoms with Gasteiger partial charge in [-0.1, -0.05) is 28.1 Å². The Labute approximate surface area is 191 Å². The van der Waals surface area contributed by atoms with Crippen LogP contribution in [0.15, 0.2) is 73.8 Å². The number of fused-ring (bicyclic) bond motifs is 1. The van der Waals surface area contributed by atoms with E-state index in [0.717, 1.165) is 10.0 Å². The lowest BCUT2D eigenvalue weighted by atomic mass is 10.1. The van der Waals surface area contributed by atoms with Gasteiger partial charge in [0.2, 0.25) is 0 Å². The molecule has 32 heavy (non-hydrogen) atoms. The number of halogens is 4. The Balaban J connectivity index is 1.62. The average Bonchev–Trinajstić information content (AvgIpc) is 3.23. The molecule has 0 radical (unpaired) electrons. The Morgan fingerprint density at radius 2 is 1.94 bits per heavy atom. The van der Waals surface area contributed by atoms with Gasteiger partial charge >= 0.3 is 11.8 Å². The number of hydrogen-bond acceptors (Lipinski definition) is 6. The maximum absolute atomic E-state index is 13.2. The van der Waals surface area contributed by atoms with Crippen molar-refractivity contribution in [3.05, 3.63) is 85.6 Å². The molecule has 1 N–H and O–H groups in total. The van der Waals surface area contributed by atoms with Crippen LogP contribution < -0.4 is 10.9 Å². The third kappa shape index (κ3) is 4.59. The zero-order chi connectivity index (χ0) is 22.9. The van der Waals surface area contributed by atoms with Crippen LogP contribution in [0.2, 0.25) is 0 Å². The number of nitrogens with zero attached hydrogens (tertiary/aromatic N) is 2. The summed E-state index contributed by atoms with van der Waals surface area (Å²) in [6, 6.07) is 13.9. The first kappa shape index (κ1) is 21.8. The molecule has 2 aromatic carbocycles. The molecule has 160 valence electrons. The summed E-state index contributed by atoms with van der Waals surface area (Å²) in [4.78, 5) is 16.0. The van der Waals surface area contributed by atoms with Crippen LogP contribution in [0.4, 0.5) is 18.9 Å². The summed E-state index contributed by atoms with van der Waals surface area (Å²) in [5.41, 5.74) is -0.183. The summed E-state index contributed by atoms with van der Waals surface area (Å²) in [5, 5.41) is 14.5. The maximum atomic E-state index is 13.2. The molecule has 0 saturated carbocycles. The van der Waals surface area contributed by atoms with E-state index in [1.54, 1.807) is 0 Å². The smallest absolute Gasteiger partial charge is 0.417 e. The summed E-state index contributed by atoms with van der Waals surface area (Å²) in [6.07, 6.45) is -3.29. The molecule has 5 nitrogen and oxygen atoms in total. The molecule has 10 heteroatoms. The zero-order valence-electron chi connectivity index (χ0n) is 15.9. The molecule has 2 aromatic heterocycles. The molecule has 4 aromatic rings. The molecular weight excluding hydrogens is 507 g/mol. The van der Waals surface area contributed by atoms with E-state index in [2.05, 4.69) is 32.3 Å². The molecule has 0 aliphatic rings. The van der Waals surface area contributed by atoms with E-state index in [-0.39, 0.29) is 16.5 Å². The van der Waals surface area contributed by atoms with Gasteiger partial charge in [0.15, 0.2) is 0 Å². The minimum absolute atomic E-state index is 0.214. The van der Waals surface area contributed by atoms with Crippen LogP contribution in [0.3, 0.4) is 0 Å². The average molecular weight is 518 g/mol. The van der Waals surface area contributed by atoms with Crippen molar-refractivity contribution in [1.82, 2.24) is 4.98 Å². The Bertz CT molecular complexity index is 1430. The van der Waals surface area contributed by atoms with Crippen molar-refractivity contribution in [1.29, 1.82) is 5.26 Å². The van der Waals surface area contributed by atoms with Crippen LogP contribution in [-0.2, 0) is 6.18 Å². The van der Waals surface area contributed by atoms with Gasteiger partial charge in [0.05, 0.1) is 11.3 Å². The molecule has 0 fully saturated rings. The molecule has 0 aliphatic heterocycles. The number of nitriles is 1. The highest BCUT2D eigenvalue weighted by Crippen LogP contribution is 2.34. The quantitative estimate of drug-likeness (QED) is 0.241. The van der Waals surface area contributed by atoms with Crippen molar-refractivity contribution >= 4 is 49.5 Å². The number of anilines is 1. The lowest BCUT2D eigenvalue weighted by Gasteiger charge is -2.10. The summed E-state index contributed by atoms with van der Waals surface area (Å²) >= 11 is 4.66. The highest BCUT2D eigenvalue weighted by Gasteiger charge is 2.33. The predicted molar refractivity (Wildman–Crippen MR) is 120 cm³/mol. The number of alkyl halides is 3. The van der Waals surface area contributed by atoms with Crippen molar-refractivity contribution in [3.63, 3.8) is 0 Å². The van der Waals surface area contributed by atoms with Gasteiger partial charge in [0.1, 0.15) is 22.2 Å². The molecule has 0 amide bonds. The first-order valence-electron chi connectivity index (χ1n) is 8.98. The molecule has 0 spiro atoms. The largest absolute Gasteiger partial charge is 0.423 e. The van der Waals surface area contributed by atoms with Crippen molar-refractivity contribution < 1.29 is 17.6 Å². The van der Waals surface area contributed by atoms with Gasteiger partial charge in [-0.25, -0.2) is 9.78 Å². The van der Waals surface area contributed by atoms with E-state index in [1.807, 2.05) is 29.6 Å². The standard InChI is InChI=1S/C22H11BrF3N3O2S/c23-14-3-1-12(2-4-14)18-11-32-21(29-18)13(9-27)10-28-15-5-6-16-17(22(24,25)26)8-20(30)31-19(16)7-15/h1-8,10-11,28H. The molecule has 4 rings (SSSR count). The van der Waals surface area contributed by atoms with E-state index < -0.39 is 17.4 Å². The molecule has 2 heterocycles. The van der Waals surface area contributed by atoms with Crippen LogP contribution in [0.25, 0.3) is 27.8 Å². The molecule has 0 aliphatic carbocycles. The Morgan fingerprint density at radius 1 is 1.19 bits per heavy atom. The van der Waals surface area contributed by atoms with Gasteiger partial charge in [0.25, 0.3) is 0 Å². The summed E-state index contributed by atoms with van der Waals surface area (Å²) in [6.45, 7) is 0. The van der Waals surface area contributed by atoms with E-state index in [4.69, 9.17) is 4.42 Å². The fourth-order valence-corrected chi connectivity index (χ4v) is 3.99. The zero-order valence-corrected chi connectivity index (χ0v) is 18.3. The lowest BCUT2D eigenvalue weighted by Crippen LogP contribution is -2.11. The molecule has 0 atom stereocenters. The van der Waals surface area contributed by atoms with Crippen molar-refractivity contribution in [2.45, 2.75) is 6.18 Å². The Kier molecular flexibility index (Phi) is 5.86. The third-order valence-corrected chi connectivity index (χ3v) is 5.83. The Morgan fingerprint density at radius 3 is 2.62 bits per heavy atom. The third-order valence-electron chi connectivity index (χ3n) is 4.43. The molecule has 0 unspecified atom stereocenters. The number of thiazole rings is 1. The second-order valence-electron chi connectivity index (χ2n) is 6.55. The minimum atomic E-state index is -4.69. The second kappa shape index (κ2) is 8.61. The minimum Gasteiger partial charge on any atom is -0.423 e. The summed E-state index contributed by atoms with van der Waals surface area (Å²) in [7, 11) is 0. The van der Waals surface area contributed by atoms with Crippen LogP contribution in [-0.4, -0.2) is 4.98 Å². The van der Waals surface area contributed by atoms with Crippen LogP contribution in [0.5, 0.6) is 0 Å². The monoisotopic (exact) mass is 517 g/mol. The number of hydrogen-bond donors (Lipinski definition) is 1. The first-order chi connectivity index (χ1) is 15.2. The summed E-state index contributed by atoms with van der Waals surface area (Å²) in [5.74, 6) is 0.